The third-order valence-corrected chi connectivity index (χ3v) is 10.9. The second-order valence-electron chi connectivity index (χ2n) is 12.0. The molecule has 3 heteroatoms. The molecule has 0 bridgehead atoms. The average molecular weight is 606 g/mol. The molecule has 0 fully saturated rings. The van der Waals surface area contributed by atoms with Gasteiger partial charge >= 0.3 is 0 Å². The fourth-order valence-corrected chi connectivity index (χ4v) is 9.11. The first-order valence-corrected chi connectivity index (χ1v) is 16.5. The maximum absolute atomic E-state index is 6.82. The molecule has 0 saturated carbocycles. The predicted octanol–water partition coefficient (Wildman–Crippen LogP) is 11.9. The van der Waals surface area contributed by atoms with E-state index in [-0.39, 0.29) is 0 Å². The lowest BCUT2D eigenvalue weighted by Gasteiger charge is -2.39. The minimum Gasteiger partial charge on any atom is -0.456 e. The molecule has 2 nitrogen and oxygen atoms in total. The summed E-state index contributed by atoms with van der Waals surface area (Å²) in [6.45, 7) is 0. The molecule has 0 amide bonds. The van der Waals surface area contributed by atoms with Gasteiger partial charge in [0.25, 0.3) is 0 Å². The third-order valence-electron chi connectivity index (χ3n) is 9.71. The van der Waals surface area contributed by atoms with Gasteiger partial charge in [0.05, 0.1) is 16.5 Å². The molecule has 1 spiro atoms. The number of hydrogen-bond acceptors (Lipinski definition) is 3. The molecular formula is C43H27NOS. The van der Waals surface area contributed by atoms with Crippen LogP contribution in [0.1, 0.15) is 22.3 Å². The van der Waals surface area contributed by atoms with E-state index < -0.39 is 5.41 Å². The Hall–Kier alpha value is -5.51. The summed E-state index contributed by atoms with van der Waals surface area (Å²) in [6, 6.07) is 59.2. The van der Waals surface area contributed by atoms with Crippen molar-refractivity contribution in [2.75, 3.05) is 4.90 Å². The molecule has 0 unspecified atom stereocenters. The Balaban J connectivity index is 1.31. The van der Waals surface area contributed by atoms with Crippen molar-refractivity contribution in [1.29, 1.82) is 0 Å². The van der Waals surface area contributed by atoms with Crippen LogP contribution in [0.2, 0.25) is 0 Å². The van der Waals surface area contributed by atoms with Gasteiger partial charge in [-0.3, -0.25) is 0 Å². The number of furan rings is 1. The van der Waals surface area contributed by atoms with Crippen LogP contribution in [-0.2, 0) is 5.41 Å². The minimum absolute atomic E-state index is 0.430. The maximum atomic E-state index is 6.82. The van der Waals surface area contributed by atoms with Gasteiger partial charge in [0, 0.05) is 26.6 Å². The van der Waals surface area contributed by atoms with Crippen LogP contribution in [0.5, 0.6) is 0 Å². The molecule has 46 heavy (non-hydrogen) atoms. The van der Waals surface area contributed by atoms with Crippen molar-refractivity contribution in [2.45, 2.75) is 15.2 Å². The summed E-state index contributed by atoms with van der Waals surface area (Å²) >= 11 is 1.87. The number of para-hydroxylation sites is 2. The van der Waals surface area contributed by atoms with Gasteiger partial charge in [-0.1, -0.05) is 115 Å². The molecule has 1 aliphatic carbocycles. The van der Waals surface area contributed by atoms with E-state index in [1.54, 1.807) is 0 Å². The molecule has 1 aromatic heterocycles. The van der Waals surface area contributed by atoms with Gasteiger partial charge in [-0.2, -0.15) is 0 Å². The van der Waals surface area contributed by atoms with E-state index in [2.05, 4.69) is 169 Å². The van der Waals surface area contributed by atoms with Crippen molar-refractivity contribution in [3.63, 3.8) is 0 Å². The smallest absolute Gasteiger partial charge is 0.137 e. The Labute approximate surface area is 271 Å². The van der Waals surface area contributed by atoms with Crippen molar-refractivity contribution in [3.8, 4) is 11.1 Å². The Morgan fingerprint density at radius 1 is 0.457 bits per heavy atom. The Morgan fingerprint density at radius 3 is 1.72 bits per heavy atom. The summed E-state index contributed by atoms with van der Waals surface area (Å²) in [5.74, 6) is 0. The fraction of sp³-hybridized carbons (Fsp3) is 0.0233. The van der Waals surface area contributed by atoms with Crippen LogP contribution in [-0.4, -0.2) is 0 Å². The van der Waals surface area contributed by atoms with E-state index in [1.165, 1.54) is 43.2 Å². The van der Waals surface area contributed by atoms with Gasteiger partial charge in [-0.15, -0.1) is 0 Å². The largest absolute Gasteiger partial charge is 0.456 e. The number of nitrogens with zero attached hydrogens (tertiary/aromatic N) is 1. The lowest BCUT2D eigenvalue weighted by molar-refractivity contribution is 0.664. The summed E-state index contributed by atoms with van der Waals surface area (Å²) in [7, 11) is 0. The van der Waals surface area contributed by atoms with E-state index in [4.69, 9.17) is 4.42 Å². The number of benzene rings is 7. The van der Waals surface area contributed by atoms with Gasteiger partial charge in [-0.05, 0) is 94.0 Å². The van der Waals surface area contributed by atoms with Crippen LogP contribution in [0, 0.1) is 0 Å². The van der Waals surface area contributed by atoms with Crippen LogP contribution in [0.4, 0.5) is 17.1 Å². The normalized spacial score (nSPS) is 13.7. The lowest BCUT2D eigenvalue weighted by atomic mass is 9.67. The molecule has 2 aliphatic rings. The number of rotatable bonds is 3. The minimum atomic E-state index is -0.430. The molecule has 10 rings (SSSR count). The van der Waals surface area contributed by atoms with Crippen molar-refractivity contribution in [3.05, 3.63) is 186 Å². The van der Waals surface area contributed by atoms with Crippen LogP contribution in [0.15, 0.2) is 178 Å². The van der Waals surface area contributed by atoms with E-state index >= 15 is 0 Å². The Kier molecular flexibility index (Phi) is 5.46. The second-order valence-corrected chi connectivity index (χ2v) is 13.1. The highest BCUT2D eigenvalue weighted by molar-refractivity contribution is 7.99. The molecule has 0 atom stereocenters. The molecular weight excluding hydrogens is 579 g/mol. The van der Waals surface area contributed by atoms with Crippen molar-refractivity contribution in [1.82, 2.24) is 0 Å². The quantitative estimate of drug-likeness (QED) is 0.199. The van der Waals surface area contributed by atoms with Gasteiger partial charge in [0.15, 0.2) is 0 Å². The second kappa shape index (κ2) is 9.74. The highest BCUT2D eigenvalue weighted by atomic mass is 32.2. The summed E-state index contributed by atoms with van der Waals surface area (Å²) in [5.41, 5.74) is 12.5. The van der Waals surface area contributed by atoms with E-state index in [0.717, 1.165) is 39.0 Å². The van der Waals surface area contributed by atoms with Crippen molar-refractivity contribution >= 4 is 50.8 Å². The number of anilines is 3. The Morgan fingerprint density at radius 2 is 1.04 bits per heavy atom. The van der Waals surface area contributed by atoms with Gasteiger partial charge < -0.3 is 9.32 Å². The lowest BCUT2D eigenvalue weighted by Crippen LogP contribution is -2.31. The Bertz CT molecular complexity index is 2380. The van der Waals surface area contributed by atoms with Crippen LogP contribution in [0.25, 0.3) is 33.1 Å². The summed E-state index contributed by atoms with van der Waals surface area (Å²) < 4.78 is 6.82. The van der Waals surface area contributed by atoms with Gasteiger partial charge in [0.1, 0.15) is 11.2 Å². The molecule has 0 N–H and O–H groups in total. The molecule has 2 heterocycles. The van der Waals surface area contributed by atoms with Gasteiger partial charge in [0.2, 0.25) is 0 Å². The van der Waals surface area contributed by atoms with Crippen molar-refractivity contribution in [2.24, 2.45) is 0 Å². The highest BCUT2D eigenvalue weighted by Gasteiger charge is 2.50. The zero-order chi connectivity index (χ0) is 30.2. The van der Waals surface area contributed by atoms with E-state index in [0.29, 0.717) is 0 Å². The van der Waals surface area contributed by atoms with Crippen LogP contribution < -0.4 is 4.90 Å². The monoisotopic (exact) mass is 605 g/mol. The van der Waals surface area contributed by atoms with E-state index in [1.807, 2.05) is 11.8 Å². The molecule has 1 aliphatic heterocycles. The zero-order valence-electron chi connectivity index (χ0n) is 24.9. The average Bonchev–Trinajstić information content (AvgIpc) is 3.62. The van der Waals surface area contributed by atoms with Crippen LogP contribution in [0.3, 0.4) is 0 Å². The number of hydrogen-bond donors (Lipinski definition) is 0. The standard InChI is InChI=1S/C43H27NOS/c1-3-14-28(15-4-1)44(29-16-5-2-6-17-29)37-22-13-23-38-42(37)32-26-31-30-18-7-8-19-33(30)43(36(31)27-39(32)45-38)34-20-9-11-24-40(34)46-41-25-12-10-21-35(41)43/h1-27H. The first-order valence-electron chi connectivity index (χ1n) is 15.7. The molecule has 0 saturated heterocycles. The number of fused-ring (bicyclic) bond motifs is 12. The van der Waals surface area contributed by atoms with E-state index in [9.17, 15) is 0 Å². The van der Waals surface area contributed by atoms with Crippen LogP contribution >= 0.6 is 11.8 Å². The summed E-state index contributed by atoms with van der Waals surface area (Å²) in [5, 5.41) is 2.24. The first-order chi connectivity index (χ1) is 22.8. The molecule has 216 valence electrons. The maximum Gasteiger partial charge on any atom is 0.137 e. The topological polar surface area (TPSA) is 16.4 Å². The van der Waals surface area contributed by atoms with Crippen molar-refractivity contribution < 1.29 is 4.42 Å². The molecule has 7 aromatic carbocycles. The summed E-state index contributed by atoms with van der Waals surface area (Å²) in [4.78, 5) is 4.94. The summed E-state index contributed by atoms with van der Waals surface area (Å²) in [6.07, 6.45) is 0. The highest BCUT2D eigenvalue weighted by Crippen LogP contribution is 2.63. The fourth-order valence-electron chi connectivity index (χ4n) is 7.92. The molecule has 8 aromatic rings. The predicted molar refractivity (Wildman–Crippen MR) is 190 cm³/mol. The molecule has 0 radical (unpaired) electrons. The third kappa shape index (κ3) is 3.44. The zero-order valence-corrected chi connectivity index (χ0v) is 25.7. The van der Waals surface area contributed by atoms with Gasteiger partial charge in [-0.25, -0.2) is 0 Å². The first kappa shape index (κ1) is 25.8. The SMILES string of the molecule is c1ccc(N(c2ccccc2)c2cccc3oc4cc5c(cc4c23)-c2ccccc2C52c3ccccc3Sc3ccccc32)cc1.